The van der Waals surface area contributed by atoms with Gasteiger partial charge in [0.2, 0.25) is 0 Å². The molecule has 63 heavy (non-hydrogen) atoms. The van der Waals surface area contributed by atoms with E-state index in [0.29, 0.717) is 0 Å². The van der Waals surface area contributed by atoms with Crippen molar-refractivity contribution >= 4 is 17.1 Å². The number of hydrogen-bond donors (Lipinski definition) is 0. The lowest BCUT2D eigenvalue weighted by Crippen LogP contribution is -2.42. The smallest absolute Gasteiger partial charge is 0.0726 e. The number of hydrogen-bond acceptors (Lipinski definition) is 1. The van der Waals surface area contributed by atoms with Gasteiger partial charge in [-0.15, -0.1) is 0 Å². The molecule has 3 aliphatic carbocycles. The Bertz CT molecular complexity index is 3160. The van der Waals surface area contributed by atoms with Crippen molar-refractivity contribution < 1.29 is 0 Å². The minimum Gasteiger partial charge on any atom is -0.310 e. The maximum atomic E-state index is 2.58. The summed E-state index contributed by atoms with van der Waals surface area (Å²) in [5.74, 6) is 0.158. The molecule has 0 fully saturated rings. The van der Waals surface area contributed by atoms with Gasteiger partial charge in [0.1, 0.15) is 0 Å². The lowest BCUT2D eigenvalue weighted by Gasteiger charge is -2.50. The van der Waals surface area contributed by atoms with E-state index < -0.39 is 10.8 Å². The Morgan fingerprint density at radius 1 is 0.365 bits per heavy atom. The first-order valence-corrected chi connectivity index (χ1v) is 22.3. The fourth-order valence-corrected chi connectivity index (χ4v) is 12.0. The zero-order valence-electron chi connectivity index (χ0n) is 34.8. The quantitative estimate of drug-likeness (QED) is 0.168. The molecule has 0 saturated heterocycles. The number of rotatable bonds is 5. The van der Waals surface area contributed by atoms with Gasteiger partial charge < -0.3 is 4.90 Å². The highest BCUT2D eigenvalue weighted by Gasteiger charge is 2.53. The number of benzene rings is 9. The topological polar surface area (TPSA) is 3.24 Å². The van der Waals surface area contributed by atoms with Gasteiger partial charge in [-0.25, -0.2) is 0 Å². The third-order valence-corrected chi connectivity index (χ3v) is 14.5. The highest BCUT2D eigenvalue weighted by Crippen LogP contribution is 2.65. The second-order valence-electron chi connectivity index (χ2n) is 17.5. The molecular formula is C62H43N. The molecule has 1 heteroatoms. The van der Waals surface area contributed by atoms with E-state index in [1.54, 1.807) is 0 Å². The van der Waals surface area contributed by atoms with E-state index >= 15 is 0 Å². The summed E-state index contributed by atoms with van der Waals surface area (Å²) in [6.07, 6.45) is 10.2. The van der Waals surface area contributed by atoms with Crippen LogP contribution in [-0.2, 0) is 10.8 Å². The van der Waals surface area contributed by atoms with Crippen molar-refractivity contribution in [3.8, 4) is 44.5 Å². The molecule has 13 rings (SSSR count). The molecule has 1 atom stereocenters. The van der Waals surface area contributed by atoms with E-state index in [1.165, 1.54) is 94.8 Å². The second kappa shape index (κ2) is 13.9. The first-order valence-electron chi connectivity index (χ1n) is 22.3. The molecule has 1 heterocycles. The van der Waals surface area contributed by atoms with Gasteiger partial charge in [-0.3, -0.25) is 0 Å². The van der Waals surface area contributed by atoms with E-state index in [-0.39, 0.29) is 5.92 Å². The van der Waals surface area contributed by atoms with Crippen LogP contribution in [-0.4, -0.2) is 0 Å². The third-order valence-electron chi connectivity index (χ3n) is 14.5. The lowest BCUT2D eigenvalue weighted by molar-refractivity contribution is 0.445. The van der Waals surface area contributed by atoms with Crippen molar-refractivity contribution in [1.29, 1.82) is 0 Å². The average Bonchev–Trinajstić information content (AvgIpc) is 3.83. The molecule has 4 aliphatic rings. The summed E-state index contributed by atoms with van der Waals surface area (Å²) >= 11 is 0. The zero-order chi connectivity index (χ0) is 41.5. The largest absolute Gasteiger partial charge is 0.310 e. The number of nitrogens with zero attached hydrogens (tertiary/aromatic N) is 1. The molecule has 0 N–H and O–H groups in total. The first kappa shape index (κ1) is 36.0. The van der Waals surface area contributed by atoms with E-state index in [9.17, 15) is 0 Å². The van der Waals surface area contributed by atoms with Gasteiger partial charge in [0.25, 0.3) is 0 Å². The van der Waals surface area contributed by atoms with Crippen LogP contribution >= 0.6 is 0 Å². The lowest BCUT2D eigenvalue weighted by atomic mass is 9.57. The van der Waals surface area contributed by atoms with E-state index in [1.807, 2.05) is 0 Å². The van der Waals surface area contributed by atoms with Gasteiger partial charge in [0, 0.05) is 5.69 Å². The van der Waals surface area contributed by atoms with Crippen molar-refractivity contribution in [2.45, 2.75) is 17.3 Å². The molecule has 1 unspecified atom stereocenters. The molecule has 0 bridgehead atoms. The van der Waals surface area contributed by atoms with Gasteiger partial charge in [-0.1, -0.05) is 206 Å². The Labute approximate surface area is 369 Å². The van der Waals surface area contributed by atoms with Gasteiger partial charge in [0.05, 0.1) is 22.2 Å². The predicted octanol–water partition coefficient (Wildman–Crippen LogP) is 15.6. The highest BCUT2D eigenvalue weighted by atomic mass is 15.2. The van der Waals surface area contributed by atoms with E-state index in [4.69, 9.17) is 0 Å². The minimum absolute atomic E-state index is 0.158. The van der Waals surface area contributed by atoms with Crippen molar-refractivity contribution in [2.75, 3.05) is 4.90 Å². The molecular weight excluding hydrogens is 759 g/mol. The maximum absolute atomic E-state index is 2.58. The number of allylic oxidation sites excluding steroid dienone is 4. The summed E-state index contributed by atoms with van der Waals surface area (Å²) in [5, 5.41) is 0. The van der Waals surface area contributed by atoms with Crippen LogP contribution in [0.5, 0.6) is 0 Å². The van der Waals surface area contributed by atoms with E-state index in [0.717, 1.165) is 12.1 Å². The third kappa shape index (κ3) is 4.99. The van der Waals surface area contributed by atoms with Gasteiger partial charge in [0.15, 0.2) is 0 Å². The van der Waals surface area contributed by atoms with Gasteiger partial charge in [-0.2, -0.15) is 0 Å². The molecule has 0 amide bonds. The van der Waals surface area contributed by atoms with E-state index in [2.05, 4.69) is 248 Å². The Morgan fingerprint density at radius 2 is 0.841 bits per heavy atom. The fraction of sp³-hybridized carbons (Fsp3) is 0.0645. The van der Waals surface area contributed by atoms with Crippen LogP contribution in [0.2, 0.25) is 0 Å². The second-order valence-corrected chi connectivity index (χ2v) is 17.5. The van der Waals surface area contributed by atoms with Crippen molar-refractivity contribution in [3.63, 3.8) is 0 Å². The number of fused-ring (bicyclic) bond motifs is 12. The van der Waals surface area contributed by atoms with Crippen LogP contribution in [0, 0.1) is 5.92 Å². The molecule has 0 aromatic heterocycles. The van der Waals surface area contributed by atoms with Crippen molar-refractivity contribution in [1.82, 2.24) is 0 Å². The summed E-state index contributed by atoms with van der Waals surface area (Å²) in [7, 11) is 0. The zero-order valence-corrected chi connectivity index (χ0v) is 34.8. The van der Waals surface area contributed by atoms with Crippen LogP contribution in [0.4, 0.5) is 17.1 Å². The summed E-state index contributed by atoms with van der Waals surface area (Å²) in [6.45, 7) is 0. The highest BCUT2D eigenvalue weighted by molar-refractivity contribution is 5.98. The molecule has 1 spiro atoms. The molecule has 1 aliphatic heterocycles. The van der Waals surface area contributed by atoms with Crippen LogP contribution in [0.1, 0.15) is 45.4 Å². The minimum atomic E-state index is -0.517. The molecule has 296 valence electrons. The maximum Gasteiger partial charge on any atom is 0.0726 e. The van der Waals surface area contributed by atoms with Crippen LogP contribution < -0.4 is 4.90 Å². The normalized spacial score (nSPS) is 16.4. The number of anilines is 3. The van der Waals surface area contributed by atoms with Crippen molar-refractivity contribution in [3.05, 3.63) is 282 Å². The monoisotopic (exact) mass is 801 g/mol. The molecule has 0 radical (unpaired) electrons. The SMILES string of the molecule is C1=CCC(C2(c3ccccc3)c3cc(-c4ccccc4)ccc3N(c3ccc4c(c3)C3(c5ccccc5-c5ccccc53)c3ccccc3-4)c3ccc(-c4ccccc4)cc32)C=C1. The Morgan fingerprint density at radius 3 is 1.35 bits per heavy atom. The summed E-state index contributed by atoms with van der Waals surface area (Å²) in [4.78, 5) is 2.58. The summed E-state index contributed by atoms with van der Waals surface area (Å²) in [5.41, 5.74) is 22.1. The average molecular weight is 802 g/mol. The summed E-state index contributed by atoms with van der Waals surface area (Å²) < 4.78 is 0. The molecule has 9 aromatic rings. The first-order chi connectivity index (χ1) is 31.3. The standard InChI is InChI=1S/C62H43N/c1-5-19-42(20-6-1)44-33-37-59-57(39-44)61(46-23-9-3-10-24-46,47-25-11-4-12-26-47)58-40-45(43-21-7-2-8-22-43)34-38-60(58)63(59)48-35-36-52-51-29-15-18-32-55(51)62(56(52)41-48)53-30-16-13-27-49(53)50-28-14-17-31-54(50)62/h1-25,27-41,47H,26H2. The molecule has 9 aromatic carbocycles. The predicted molar refractivity (Wildman–Crippen MR) is 261 cm³/mol. The van der Waals surface area contributed by atoms with Crippen LogP contribution in [0.25, 0.3) is 44.5 Å². The fourth-order valence-electron chi connectivity index (χ4n) is 12.0. The molecule has 1 nitrogen and oxygen atoms in total. The summed E-state index contributed by atoms with van der Waals surface area (Å²) in [6, 6.07) is 82.3. The van der Waals surface area contributed by atoms with Gasteiger partial charge in [-0.05, 0) is 132 Å². The Hall–Kier alpha value is -7.74. The van der Waals surface area contributed by atoms with Gasteiger partial charge >= 0.3 is 0 Å². The Kier molecular flexibility index (Phi) is 7.93. The van der Waals surface area contributed by atoms with Crippen molar-refractivity contribution in [2.24, 2.45) is 5.92 Å². The van der Waals surface area contributed by atoms with Crippen LogP contribution in [0.3, 0.4) is 0 Å². The van der Waals surface area contributed by atoms with Crippen LogP contribution in [0.15, 0.2) is 243 Å². The molecule has 0 saturated carbocycles. The Balaban J connectivity index is 1.13.